The minimum absolute atomic E-state index is 0.142. The van der Waals surface area contributed by atoms with Crippen LogP contribution in [0.3, 0.4) is 0 Å². The minimum atomic E-state index is -4.78. The molecule has 106 valence electrons. The van der Waals surface area contributed by atoms with Gasteiger partial charge in [-0.25, -0.2) is 13.2 Å². The first kappa shape index (κ1) is 15.4. The van der Waals surface area contributed by atoms with E-state index in [-0.39, 0.29) is 12.1 Å². The molecule has 1 atom stereocenters. The highest BCUT2D eigenvalue weighted by Crippen LogP contribution is 2.26. The number of hydrogen-bond acceptors (Lipinski definition) is 4. The predicted molar refractivity (Wildman–Crippen MR) is 65.0 cm³/mol. The smallest absolute Gasteiger partial charge is 0.341 e. The first-order valence-electron chi connectivity index (χ1n) is 5.41. The molecule has 1 aromatic rings. The van der Waals surface area contributed by atoms with E-state index in [4.69, 9.17) is 5.11 Å². The Morgan fingerprint density at radius 3 is 2.42 bits per heavy atom. The monoisotopic (exact) mass is 293 g/mol. The second-order valence-electron chi connectivity index (χ2n) is 3.75. The van der Waals surface area contributed by atoms with Gasteiger partial charge in [0.15, 0.2) is 0 Å². The molecule has 0 saturated carbocycles. The number of carbonyl (C=O) groups is 1. The molecule has 0 aliphatic rings. The van der Waals surface area contributed by atoms with Crippen LogP contribution in [-0.4, -0.2) is 31.3 Å². The van der Waals surface area contributed by atoms with Crippen molar-refractivity contribution in [3.8, 4) is 0 Å². The lowest BCUT2D eigenvalue weighted by Gasteiger charge is -2.16. The number of sulfone groups is 1. The second kappa shape index (κ2) is 5.96. The zero-order valence-corrected chi connectivity index (χ0v) is 10.8. The molecule has 2 N–H and O–H groups in total. The molecule has 0 heterocycles. The van der Waals surface area contributed by atoms with E-state index in [0.717, 1.165) is 6.07 Å². The van der Waals surface area contributed by atoms with E-state index in [0.29, 0.717) is 0 Å². The summed E-state index contributed by atoms with van der Waals surface area (Å²) in [6.07, 6.45) is 0.179. The number of anilines is 1. The molecular formula is C11H13F2NO4S. The standard InChI is InChI=1S/C11H13F2NO4S/c1-2-7(10(15)16)14-8-5-3-4-6-9(8)19(17,18)11(12)13/h3-7,11,14H,2H2,1H3,(H,15,16). The van der Waals surface area contributed by atoms with E-state index in [9.17, 15) is 22.0 Å². The van der Waals surface area contributed by atoms with Gasteiger partial charge in [-0.3, -0.25) is 0 Å². The van der Waals surface area contributed by atoms with Gasteiger partial charge in [0.2, 0.25) is 9.84 Å². The van der Waals surface area contributed by atoms with Crippen LogP contribution in [-0.2, 0) is 14.6 Å². The molecule has 1 unspecified atom stereocenters. The Kier molecular flexibility index (Phi) is 4.82. The molecule has 19 heavy (non-hydrogen) atoms. The summed E-state index contributed by atoms with van der Waals surface area (Å²) >= 11 is 0. The summed E-state index contributed by atoms with van der Waals surface area (Å²) in [5.41, 5.74) is -0.142. The number of aliphatic carboxylic acids is 1. The molecule has 0 amide bonds. The summed E-state index contributed by atoms with van der Waals surface area (Å²) in [6, 6.07) is 3.94. The maximum atomic E-state index is 12.5. The SMILES string of the molecule is CCC(Nc1ccccc1S(=O)(=O)C(F)F)C(=O)O. The quantitative estimate of drug-likeness (QED) is 0.837. The van der Waals surface area contributed by atoms with Gasteiger partial charge in [0, 0.05) is 0 Å². The number of para-hydroxylation sites is 1. The Balaban J connectivity index is 3.21. The van der Waals surface area contributed by atoms with Gasteiger partial charge in [-0.2, -0.15) is 8.78 Å². The van der Waals surface area contributed by atoms with E-state index >= 15 is 0 Å². The van der Waals surface area contributed by atoms with Crippen molar-refractivity contribution in [3.63, 3.8) is 0 Å². The lowest BCUT2D eigenvalue weighted by Crippen LogP contribution is -2.29. The van der Waals surface area contributed by atoms with Crippen LogP contribution in [0.5, 0.6) is 0 Å². The first-order valence-corrected chi connectivity index (χ1v) is 6.95. The fraction of sp³-hybridized carbons (Fsp3) is 0.364. The van der Waals surface area contributed by atoms with E-state index in [1.54, 1.807) is 6.92 Å². The van der Waals surface area contributed by atoms with Gasteiger partial charge < -0.3 is 10.4 Å². The third kappa shape index (κ3) is 3.40. The summed E-state index contributed by atoms with van der Waals surface area (Å²) in [5, 5.41) is 11.3. The molecular weight excluding hydrogens is 280 g/mol. The number of halogens is 2. The van der Waals surface area contributed by atoms with Crippen molar-refractivity contribution in [2.45, 2.75) is 30.0 Å². The summed E-state index contributed by atoms with van der Waals surface area (Å²) in [6.45, 7) is 1.58. The molecule has 0 aliphatic carbocycles. The van der Waals surface area contributed by atoms with Crippen molar-refractivity contribution in [1.29, 1.82) is 0 Å². The molecule has 0 radical (unpaired) electrons. The second-order valence-corrected chi connectivity index (χ2v) is 5.63. The number of nitrogens with one attached hydrogen (secondary N) is 1. The number of rotatable bonds is 6. The largest absolute Gasteiger partial charge is 0.480 e. The van der Waals surface area contributed by atoms with Crippen LogP contribution in [0, 0.1) is 0 Å². The number of benzene rings is 1. The van der Waals surface area contributed by atoms with Crippen molar-refractivity contribution in [3.05, 3.63) is 24.3 Å². The maximum absolute atomic E-state index is 12.5. The number of carboxylic acids is 1. The third-order valence-corrected chi connectivity index (χ3v) is 3.90. The van der Waals surface area contributed by atoms with E-state index < -0.39 is 32.5 Å². The summed E-state index contributed by atoms with van der Waals surface area (Å²) in [7, 11) is -4.78. The number of hydrogen-bond donors (Lipinski definition) is 2. The normalized spacial score (nSPS) is 13.3. The van der Waals surface area contributed by atoms with Gasteiger partial charge in [0.05, 0.1) is 10.6 Å². The van der Waals surface area contributed by atoms with Crippen molar-refractivity contribution in [2.24, 2.45) is 0 Å². The first-order chi connectivity index (χ1) is 8.80. The fourth-order valence-electron chi connectivity index (χ4n) is 1.46. The van der Waals surface area contributed by atoms with Crippen LogP contribution in [0.15, 0.2) is 29.2 Å². The van der Waals surface area contributed by atoms with Crippen LogP contribution >= 0.6 is 0 Å². The lowest BCUT2D eigenvalue weighted by atomic mass is 10.2. The molecule has 1 rings (SSSR count). The molecule has 0 aromatic heterocycles. The van der Waals surface area contributed by atoms with Crippen molar-refractivity contribution >= 4 is 21.5 Å². The average molecular weight is 293 g/mol. The van der Waals surface area contributed by atoms with E-state index in [1.807, 2.05) is 0 Å². The van der Waals surface area contributed by atoms with Gasteiger partial charge in [0.1, 0.15) is 6.04 Å². The molecule has 1 aromatic carbocycles. The fourth-order valence-corrected chi connectivity index (χ4v) is 2.35. The van der Waals surface area contributed by atoms with Gasteiger partial charge in [-0.15, -0.1) is 0 Å². The Morgan fingerprint density at radius 2 is 1.95 bits per heavy atom. The van der Waals surface area contributed by atoms with Gasteiger partial charge in [-0.1, -0.05) is 19.1 Å². The van der Waals surface area contributed by atoms with Crippen molar-refractivity contribution in [2.75, 3.05) is 5.32 Å². The summed E-state index contributed by atoms with van der Waals surface area (Å²) < 4.78 is 48.0. The van der Waals surface area contributed by atoms with Crippen LogP contribution in [0.4, 0.5) is 14.5 Å². The number of alkyl halides is 2. The van der Waals surface area contributed by atoms with Gasteiger partial charge in [-0.05, 0) is 18.6 Å². The molecule has 5 nitrogen and oxygen atoms in total. The average Bonchev–Trinajstić information content (AvgIpc) is 2.35. The molecule has 0 aliphatic heterocycles. The lowest BCUT2D eigenvalue weighted by molar-refractivity contribution is -0.137. The van der Waals surface area contributed by atoms with Crippen LogP contribution in [0.2, 0.25) is 0 Å². The van der Waals surface area contributed by atoms with Crippen molar-refractivity contribution in [1.82, 2.24) is 0 Å². The Morgan fingerprint density at radius 1 is 1.37 bits per heavy atom. The highest BCUT2D eigenvalue weighted by Gasteiger charge is 2.30. The van der Waals surface area contributed by atoms with Crippen LogP contribution in [0.1, 0.15) is 13.3 Å². The van der Waals surface area contributed by atoms with Gasteiger partial charge >= 0.3 is 11.7 Å². The Hall–Kier alpha value is -1.70. The zero-order valence-electron chi connectivity index (χ0n) is 10.0. The minimum Gasteiger partial charge on any atom is -0.480 e. The maximum Gasteiger partial charge on any atom is 0.341 e. The third-order valence-electron chi connectivity index (χ3n) is 2.46. The highest BCUT2D eigenvalue weighted by atomic mass is 32.2. The molecule has 0 saturated heterocycles. The summed E-state index contributed by atoms with van der Waals surface area (Å²) in [5.74, 6) is -4.74. The predicted octanol–water partition coefficient (Wildman–Crippen LogP) is 1.96. The molecule has 0 fully saturated rings. The zero-order chi connectivity index (χ0) is 14.6. The topological polar surface area (TPSA) is 83.5 Å². The molecule has 0 bridgehead atoms. The summed E-state index contributed by atoms with van der Waals surface area (Å²) in [4.78, 5) is 10.3. The van der Waals surface area contributed by atoms with Crippen LogP contribution < -0.4 is 5.32 Å². The van der Waals surface area contributed by atoms with Crippen LogP contribution in [0.25, 0.3) is 0 Å². The van der Waals surface area contributed by atoms with E-state index in [1.165, 1.54) is 18.2 Å². The van der Waals surface area contributed by atoms with E-state index in [2.05, 4.69) is 5.32 Å². The Bertz CT molecular complexity index is 560. The molecule has 0 spiro atoms. The van der Waals surface area contributed by atoms with Gasteiger partial charge in [0.25, 0.3) is 0 Å². The number of carboxylic acid groups (broad SMARTS) is 1. The molecule has 8 heteroatoms. The Labute approximate surface area is 109 Å². The highest BCUT2D eigenvalue weighted by molar-refractivity contribution is 7.91. The van der Waals surface area contributed by atoms with Crippen molar-refractivity contribution < 1.29 is 27.1 Å².